The second kappa shape index (κ2) is 17.1. The lowest BCUT2D eigenvalue weighted by atomic mass is 9.77. The summed E-state index contributed by atoms with van der Waals surface area (Å²) in [6.07, 6.45) is 12.4. The van der Waals surface area contributed by atoms with Gasteiger partial charge in [0.1, 0.15) is 0 Å². The fraction of sp³-hybridized carbons (Fsp3) is 0.0417. The van der Waals surface area contributed by atoms with Gasteiger partial charge in [-0.15, -0.1) is 0 Å². The zero-order valence-electron chi connectivity index (χ0n) is 42.6. The Bertz CT molecular complexity index is 4930. The maximum Gasteiger partial charge on any atom is 0.0787 e. The molecule has 0 saturated heterocycles. The summed E-state index contributed by atoms with van der Waals surface area (Å²) in [4.78, 5) is 4.91. The van der Waals surface area contributed by atoms with Gasteiger partial charge in [-0.25, -0.2) is 0 Å². The van der Waals surface area contributed by atoms with Crippen molar-refractivity contribution >= 4 is 93.5 Å². The van der Waals surface area contributed by atoms with Gasteiger partial charge in [-0.2, -0.15) is 0 Å². The van der Waals surface area contributed by atoms with Gasteiger partial charge in [-0.05, 0) is 109 Å². The van der Waals surface area contributed by atoms with Crippen LogP contribution in [0.3, 0.4) is 0 Å². The molecule has 2 unspecified atom stereocenters. The Hall–Kier alpha value is -10.4. The second-order valence-corrected chi connectivity index (χ2v) is 20.7. The third-order valence-corrected chi connectivity index (χ3v) is 16.5. The molecule has 0 saturated carbocycles. The van der Waals surface area contributed by atoms with Crippen LogP contribution in [0.15, 0.2) is 243 Å². The number of allylic oxidation sites excluding steroid dienone is 4. The molecule has 2 aliphatic rings. The first-order valence-electron chi connectivity index (χ1n) is 26.7. The summed E-state index contributed by atoms with van der Waals surface area (Å²) < 4.78 is 9.69. The minimum absolute atomic E-state index is 0.105. The molecule has 0 spiro atoms. The Morgan fingerprint density at radius 1 is 0.474 bits per heavy atom. The lowest BCUT2D eigenvalue weighted by Gasteiger charge is -2.28. The SMILES string of the molecule is C/C(=C\C(=C/N)c1cncc(-c2ccccc2-n2c3ccccc3c3cc(-n4c5ccccc5c5ccccc54)ccc32)c1)c1ccccc1-n1c2c(c3cc(-n4c5ccccc5c5ccccc54)ccc31)C=CC1C#CC21. The number of hydrogen-bond acceptors (Lipinski definition) is 2. The van der Waals surface area contributed by atoms with E-state index in [4.69, 9.17) is 10.7 Å². The zero-order chi connectivity index (χ0) is 51.6. The number of pyridine rings is 1. The predicted molar refractivity (Wildman–Crippen MR) is 325 cm³/mol. The number of aromatic nitrogens is 5. The van der Waals surface area contributed by atoms with Gasteiger partial charge in [0.05, 0.1) is 61.8 Å². The number of para-hydroxylation sites is 7. The summed E-state index contributed by atoms with van der Waals surface area (Å²) in [5.41, 5.74) is 27.8. The summed E-state index contributed by atoms with van der Waals surface area (Å²) in [6, 6.07) is 77.1. The van der Waals surface area contributed by atoms with Crippen molar-refractivity contribution in [3.63, 3.8) is 0 Å². The molecule has 0 amide bonds. The lowest BCUT2D eigenvalue weighted by Crippen LogP contribution is -2.21. The van der Waals surface area contributed by atoms with Crippen molar-refractivity contribution in [2.75, 3.05) is 0 Å². The van der Waals surface area contributed by atoms with Gasteiger partial charge in [0, 0.05) is 101 Å². The molecule has 0 bridgehead atoms. The van der Waals surface area contributed by atoms with E-state index in [1.807, 2.05) is 12.4 Å². The molecule has 16 rings (SSSR count). The van der Waals surface area contributed by atoms with E-state index < -0.39 is 0 Å². The van der Waals surface area contributed by atoms with Crippen LogP contribution >= 0.6 is 0 Å². The van der Waals surface area contributed by atoms with Crippen molar-refractivity contribution in [2.24, 2.45) is 11.7 Å². The molecular weight excluding hydrogens is 949 g/mol. The van der Waals surface area contributed by atoms with Crippen molar-refractivity contribution in [2.45, 2.75) is 12.8 Å². The molecule has 5 heterocycles. The molecule has 78 heavy (non-hydrogen) atoms. The topological polar surface area (TPSA) is 58.6 Å². The summed E-state index contributed by atoms with van der Waals surface area (Å²) in [5.74, 6) is 7.30. The standard InChI is InChI=1S/C72H48N6/c1-45(52-16-2-9-23-63(52)78-71-37-33-51(41-62(71)60-35-31-46-30-34-54(46)72(60)78)76-67-27-13-6-20-57(67)58-21-7-14-28-68(58)76)38-47(42-73)48-39-49(44-74-43-48)53-17-3-10-24-64(53)77-69-29-15-8-22-59(69)61-40-50(32-36-70(61)77)75-65-25-11-4-18-55(65)56-19-5-12-26-66(56)75/h2-29,31-33,35-44,46,54H,73H2,1H3/b45-38+,47-42+. The van der Waals surface area contributed by atoms with Crippen LogP contribution in [0.4, 0.5) is 0 Å². The fourth-order valence-corrected chi connectivity index (χ4v) is 13.0. The third kappa shape index (κ3) is 6.43. The predicted octanol–water partition coefficient (Wildman–Crippen LogP) is 17.1. The highest BCUT2D eigenvalue weighted by Crippen LogP contribution is 2.47. The molecule has 5 aromatic heterocycles. The second-order valence-electron chi connectivity index (χ2n) is 20.7. The highest BCUT2D eigenvalue weighted by Gasteiger charge is 2.35. The number of nitrogens with two attached hydrogens (primary N) is 1. The largest absolute Gasteiger partial charge is 0.404 e. The smallest absolute Gasteiger partial charge is 0.0787 e. The van der Waals surface area contributed by atoms with Crippen LogP contribution in [0.5, 0.6) is 0 Å². The molecule has 0 aliphatic heterocycles. The van der Waals surface area contributed by atoms with E-state index in [1.54, 1.807) is 6.20 Å². The number of nitrogens with zero attached hydrogens (tertiary/aromatic N) is 5. The van der Waals surface area contributed by atoms with Crippen LogP contribution in [0, 0.1) is 17.8 Å². The van der Waals surface area contributed by atoms with Gasteiger partial charge < -0.3 is 24.0 Å². The van der Waals surface area contributed by atoms with Crippen LogP contribution < -0.4 is 5.73 Å². The Morgan fingerprint density at radius 3 is 1.56 bits per heavy atom. The van der Waals surface area contributed by atoms with E-state index in [0.29, 0.717) is 0 Å². The Labute approximate surface area is 450 Å². The average molecular weight is 997 g/mol. The van der Waals surface area contributed by atoms with Gasteiger partial charge in [0.2, 0.25) is 0 Å². The van der Waals surface area contributed by atoms with Crippen LogP contribution in [-0.4, -0.2) is 23.3 Å². The van der Waals surface area contributed by atoms with Crippen molar-refractivity contribution in [1.82, 2.24) is 23.3 Å². The molecule has 0 fully saturated rings. The first kappa shape index (κ1) is 44.0. The van der Waals surface area contributed by atoms with E-state index in [0.717, 1.165) is 72.7 Å². The molecule has 2 aliphatic carbocycles. The number of fused-ring (bicyclic) bond motifs is 14. The molecule has 6 nitrogen and oxygen atoms in total. The van der Waals surface area contributed by atoms with Gasteiger partial charge in [-0.3, -0.25) is 4.98 Å². The van der Waals surface area contributed by atoms with E-state index in [2.05, 4.69) is 268 Å². The molecule has 6 heteroatoms. The molecule has 14 aromatic rings. The molecule has 0 radical (unpaired) electrons. The fourth-order valence-electron chi connectivity index (χ4n) is 13.0. The van der Waals surface area contributed by atoms with Crippen LogP contribution in [0.1, 0.15) is 35.2 Å². The highest BCUT2D eigenvalue weighted by molar-refractivity contribution is 6.13. The maximum atomic E-state index is 6.65. The number of benzene rings is 9. The van der Waals surface area contributed by atoms with E-state index in [1.165, 1.54) is 71.0 Å². The summed E-state index contributed by atoms with van der Waals surface area (Å²) in [6.45, 7) is 2.19. The first-order valence-corrected chi connectivity index (χ1v) is 26.7. The first-order chi connectivity index (χ1) is 38.6. The Morgan fingerprint density at radius 2 is 0.974 bits per heavy atom. The molecule has 2 N–H and O–H groups in total. The minimum Gasteiger partial charge on any atom is -0.404 e. The normalized spacial score (nSPS) is 15.1. The van der Waals surface area contributed by atoms with Gasteiger partial charge in [-0.1, -0.05) is 151 Å². The third-order valence-electron chi connectivity index (χ3n) is 16.5. The minimum atomic E-state index is 0.105. The summed E-state index contributed by atoms with van der Waals surface area (Å²) >= 11 is 0. The van der Waals surface area contributed by atoms with Crippen molar-refractivity contribution < 1.29 is 0 Å². The number of hydrogen-bond donors (Lipinski definition) is 1. The average Bonchev–Trinajstić information content (AvgIpc) is 4.34. The lowest BCUT2D eigenvalue weighted by molar-refractivity contribution is 0.667. The van der Waals surface area contributed by atoms with Crippen molar-refractivity contribution in [1.29, 1.82) is 0 Å². The van der Waals surface area contributed by atoms with Crippen LogP contribution in [0.2, 0.25) is 0 Å². The van der Waals surface area contributed by atoms with E-state index in [9.17, 15) is 0 Å². The van der Waals surface area contributed by atoms with Gasteiger partial charge in [0.25, 0.3) is 0 Å². The van der Waals surface area contributed by atoms with Crippen molar-refractivity contribution in [3.8, 4) is 45.7 Å². The van der Waals surface area contributed by atoms with E-state index in [-0.39, 0.29) is 11.8 Å². The summed E-state index contributed by atoms with van der Waals surface area (Å²) in [7, 11) is 0. The van der Waals surface area contributed by atoms with Gasteiger partial charge >= 0.3 is 0 Å². The Kier molecular flexibility index (Phi) is 9.64. The van der Waals surface area contributed by atoms with Crippen molar-refractivity contribution in [3.05, 3.63) is 265 Å². The molecule has 2 atom stereocenters. The highest BCUT2D eigenvalue weighted by atomic mass is 15.0. The molecular formula is C72H48N6. The zero-order valence-corrected chi connectivity index (χ0v) is 42.6. The van der Waals surface area contributed by atoms with Crippen LogP contribution in [-0.2, 0) is 0 Å². The van der Waals surface area contributed by atoms with Crippen LogP contribution in [0.25, 0.3) is 127 Å². The molecule has 9 aromatic carbocycles. The summed E-state index contributed by atoms with van der Waals surface area (Å²) in [5, 5.41) is 8.59. The molecule has 366 valence electrons. The maximum absolute atomic E-state index is 6.65. The monoisotopic (exact) mass is 996 g/mol. The van der Waals surface area contributed by atoms with Gasteiger partial charge in [0.15, 0.2) is 0 Å². The Balaban J connectivity index is 0.789. The number of rotatable bonds is 8. The van der Waals surface area contributed by atoms with E-state index >= 15 is 0 Å². The quantitative estimate of drug-likeness (QED) is 0.122.